The summed E-state index contributed by atoms with van der Waals surface area (Å²) < 4.78 is 17.0. The standard InChI is InChI=1S/C20H23FN4O2S/c1-3-24(5-6-26)20(2)10-14-8-13(9-17(20)21)18-16(11-22-14)19(27)25(23-18)15-4-7-28-12-15/h4,7,9-12,17,23,26H,3,5-6,8H2,1-2H3. The number of nitrogens with one attached hydrogen (secondary N) is 1. The lowest BCUT2D eigenvalue weighted by Gasteiger charge is -2.39. The van der Waals surface area contributed by atoms with Crippen molar-refractivity contribution in [3.63, 3.8) is 0 Å². The quantitative estimate of drug-likeness (QED) is 0.808. The van der Waals surface area contributed by atoms with E-state index in [-0.39, 0.29) is 12.2 Å². The molecule has 2 unspecified atom stereocenters. The van der Waals surface area contributed by atoms with Crippen LogP contribution in [0.5, 0.6) is 0 Å². The zero-order valence-electron chi connectivity index (χ0n) is 15.9. The normalized spacial score (nSPS) is 23.8. The molecule has 8 heteroatoms. The number of aromatic nitrogens is 2. The molecule has 2 aromatic heterocycles. The van der Waals surface area contributed by atoms with Gasteiger partial charge in [-0.1, -0.05) is 6.92 Å². The predicted molar refractivity (Wildman–Crippen MR) is 110 cm³/mol. The first kappa shape index (κ1) is 19.0. The van der Waals surface area contributed by atoms with Crippen molar-refractivity contribution in [3.8, 4) is 5.69 Å². The Hall–Kier alpha value is -2.29. The van der Waals surface area contributed by atoms with Crippen LogP contribution in [0.3, 0.4) is 0 Å². The lowest BCUT2D eigenvalue weighted by molar-refractivity contribution is 0.0713. The highest BCUT2D eigenvalue weighted by atomic mass is 32.1. The molecule has 0 saturated heterocycles. The minimum Gasteiger partial charge on any atom is -0.395 e. The molecule has 28 heavy (non-hydrogen) atoms. The number of alkyl halides is 1. The summed E-state index contributed by atoms with van der Waals surface area (Å²) in [5, 5.41) is 16.3. The number of H-pyrrole nitrogens is 1. The van der Waals surface area contributed by atoms with E-state index in [1.807, 2.05) is 41.6 Å². The molecule has 1 aliphatic carbocycles. The molecule has 2 N–H and O–H groups in total. The zero-order valence-corrected chi connectivity index (χ0v) is 16.7. The number of halogens is 1. The Bertz CT molecular complexity index is 1020. The molecule has 0 aromatic carbocycles. The summed E-state index contributed by atoms with van der Waals surface area (Å²) in [6.45, 7) is 4.71. The number of likely N-dealkylation sites (N-methyl/N-ethyl adjacent to an activating group) is 1. The fourth-order valence-corrected chi connectivity index (χ4v) is 4.60. The molecule has 2 bridgehead atoms. The lowest BCUT2D eigenvalue weighted by Crippen LogP contribution is -2.52. The van der Waals surface area contributed by atoms with Crippen LogP contribution >= 0.6 is 11.3 Å². The van der Waals surface area contributed by atoms with Crippen LogP contribution in [0, 0.1) is 0 Å². The van der Waals surface area contributed by atoms with Crippen molar-refractivity contribution in [1.29, 1.82) is 0 Å². The molecule has 0 spiro atoms. The van der Waals surface area contributed by atoms with Gasteiger partial charge in [-0.15, -0.1) is 0 Å². The zero-order chi connectivity index (χ0) is 19.9. The fraction of sp³-hybridized carbons (Fsp3) is 0.400. The molecule has 4 rings (SSSR count). The number of hydrogen-bond acceptors (Lipinski definition) is 5. The lowest BCUT2D eigenvalue weighted by atomic mass is 9.92. The molecule has 148 valence electrons. The Morgan fingerprint density at radius 3 is 3.04 bits per heavy atom. The highest BCUT2D eigenvalue weighted by Crippen LogP contribution is 2.37. The number of aliphatic hydroxyl groups excluding tert-OH is 1. The largest absolute Gasteiger partial charge is 0.395 e. The maximum atomic E-state index is 15.5. The maximum absolute atomic E-state index is 15.5. The van der Waals surface area contributed by atoms with E-state index in [2.05, 4.69) is 10.1 Å². The molecule has 2 aliphatic rings. The van der Waals surface area contributed by atoms with E-state index in [1.54, 1.807) is 12.3 Å². The molecule has 6 nitrogen and oxygen atoms in total. The van der Waals surface area contributed by atoms with Crippen LogP contribution in [-0.4, -0.2) is 57.4 Å². The van der Waals surface area contributed by atoms with Gasteiger partial charge >= 0.3 is 0 Å². The molecule has 2 aromatic rings. The topological polar surface area (TPSA) is 73.6 Å². The highest BCUT2D eigenvalue weighted by molar-refractivity contribution is 7.08. The van der Waals surface area contributed by atoms with E-state index in [0.29, 0.717) is 30.8 Å². The number of allylic oxidation sites excluding steroid dienone is 1. The molecular weight excluding hydrogens is 379 g/mol. The van der Waals surface area contributed by atoms with Gasteiger partial charge in [0, 0.05) is 30.3 Å². The summed E-state index contributed by atoms with van der Waals surface area (Å²) >= 11 is 1.50. The van der Waals surface area contributed by atoms with Gasteiger partial charge in [-0.25, -0.2) is 9.07 Å². The van der Waals surface area contributed by atoms with Gasteiger partial charge in [0.15, 0.2) is 0 Å². The first-order valence-electron chi connectivity index (χ1n) is 9.32. The van der Waals surface area contributed by atoms with Gasteiger partial charge in [-0.05, 0) is 42.6 Å². The van der Waals surface area contributed by atoms with Crippen LogP contribution < -0.4 is 5.56 Å². The third kappa shape index (κ3) is 3.01. The summed E-state index contributed by atoms with van der Waals surface area (Å²) in [5.41, 5.74) is 2.14. The van der Waals surface area contributed by atoms with Gasteiger partial charge in [0.2, 0.25) is 0 Å². The van der Waals surface area contributed by atoms with E-state index in [4.69, 9.17) is 0 Å². The van der Waals surface area contributed by atoms with Crippen LogP contribution in [0.25, 0.3) is 11.3 Å². The third-order valence-electron chi connectivity index (χ3n) is 5.54. The first-order valence-corrected chi connectivity index (χ1v) is 10.3. The van der Waals surface area contributed by atoms with Gasteiger partial charge in [0.1, 0.15) is 6.17 Å². The molecular formula is C20H23FN4O2S. The molecule has 0 radical (unpaired) electrons. The van der Waals surface area contributed by atoms with Crippen LogP contribution in [0.4, 0.5) is 4.39 Å². The van der Waals surface area contributed by atoms with E-state index in [9.17, 15) is 9.90 Å². The van der Waals surface area contributed by atoms with Gasteiger partial charge in [-0.3, -0.25) is 19.8 Å². The number of aromatic amines is 1. The van der Waals surface area contributed by atoms with Gasteiger partial charge < -0.3 is 5.11 Å². The van der Waals surface area contributed by atoms with Crippen molar-refractivity contribution in [1.82, 2.24) is 14.7 Å². The van der Waals surface area contributed by atoms with E-state index < -0.39 is 11.7 Å². The molecule has 0 amide bonds. The van der Waals surface area contributed by atoms with E-state index in [1.165, 1.54) is 16.0 Å². The number of aliphatic hydroxyl groups is 1. The van der Waals surface area contributed by atoms with E-state index in [0.717, 1.165) is 17.0 Å². The second-order valence-electron chi connectivity index (χ2n) is 7.22. The minimum atomic E-state index is -1.30. The van der Waals surface area contributed by atoms with Crippen LogP contribution in [0.2, 0.25) is 0 Å². The Labute approximate surface area is 166 Å². The van der Waals surface area contributed by atoms with E-state index >= 15 is 4.39 Å². The van der Waals surface area contributed by atoms with Gasteiger partial charge in [-0.2, -0.15) is 11.3 Å². The number of rotatable bonds is 5. The number of thiophene rings is 1. The summed E-state index contributed by atoms with van der Waals surface area (Å²) in [4.78, 5) is 19.3. The van der Waals surface area contributed by atoms with Crippen molar-refractivity contribution in [2.45, 2.75) is 32.0 Å². The molecule has 0 fully saturated rings. The molecule has 2 atom stereocenters. The molecule has 0 saturated carbocycles. The van der Waals surface area contributed by atoms with Crippen molar-refractivity contribution in [2.75, 3.05) is 19.7 Å². The Morgan fingerprint density at radius 2 is 2.36 bits per heavy atom. The fourth-order valence-electron chi connectivity index (χ4n) is 3.98. The average Bonchev–Trinajstić information content (AvgIpc) is 3.24. The number of β-amino-alcohol motifs (C(OH)–C–C–N with tert-alkyl or cyclic N) is 1. The molecule has 1 aliphatic heterocycles. The SMILES string of the molecule is CCN(CCO)C1(C)C=C2CC(=CC1F)c1[nH]n(-c3ccsc3)c(=O)c1C=N2. The Balaban J connectivity index is 1.84. The van der Waals surface area contributed by atoms with Crippen LogP contribution in [0.1, 0.15) is 31.5 Å². The summed E-state index contributed by atoms with van der Waals surface area (Å²) in [6, 6.07) is 1.86. The van der Waals surface area contributed by atoms with Crippen LogP contribution in [0.15, 0.2) is 44.5 Å². The van der Waals surface area contributed by atoms with Crippen molar-refractivity contribution < 1.29 is 9.50 Å². The van der Waals surface area contributed by atoms with Crippen molar-refractivity contribution in [2.24, 2.45) is 4.99 Å². The van der Waals surface area contributed by atoms with Gasteiger partial charge in [0.05, 0.1) is 29.1 Å². The Morgan fingerprint density at radius 1 is 1.54 bits per heavy atom. The number of hydrogen-bond donors (Lipinski definition) is 2. The van der Waals surface area contributed by atoms with Crippen LogP contribution in [-0.2, 0) is 0 Å². The molecule has 3 heterocycles. The maximum Gasteiger partial charge on any atom is 0.280 e. The second kappa shape index (κ2) is 7.27. The number of fused-ring (bicyclic) bond motifs is 4. The smallest absolute Gasteiger partial charge is 0.280 e. The van der Waals surface area contributed by atoms with Crippen molar-refractivity contribution >= 4 is 23.1 Å². The monoisotopic (exact) mass is 402 g/mol. The number of nitrogens with zero attached hydrogens (tertiary/aromatic N) is 3. The predicted octanol–water partition coefficient (Wildman–Crippen LogP) is 2.74. The second-order valence-corrected chi connectivity index (χ2v) is 8.00. The summed E-state index contributed by atoms with van der Waals surface area (Å²) in [6.07, 6.45) is 4.14. The average molecular weight is 402 g/mol. The van der Waals surface area contributed by atoms with Gasteiger partial charge in [0.25, 0.3) is 5.56 Å². The first-order chi connectivity index (χ1) is 13.5. The number of aliphatic imine (C=N–C) groups is 1. The van der Waals surface area contributed by atoms with Crippen molar-refractivity contribution in [3.05, 3.63) is 56.3 Å². The summed E-state index contributed by atoms with van der Waals surface area (Å²) in [5.74, 6) is 0. The minimum absolute atomic E-state index is 0.0415. The highest BCUT2D eigenvalue weighted by Gasteiger charge is 2.40. The Kier molecular flexibility index (Phi) is 4.95. The summed E-state index contributed by atoms with van der Waals surface area (Å²) in [7, 11) is 0. The third-order valence-corrected chi connectivity index (χ3v) is 6.21.